The van der Waals surface area contributed by atoms with Gasteiger partial charge in [0.05, 0.1) is 0 Å². The van der Waals surface area contributed by atoms with Gasteiger partial charge < -0.3 is 0 Å². The first-order chi connectivity index (χ1) is 10.1. The van der Waals surface area contributed by atoms with Crippen LogP contribution in [0, 0.1) is 0 Å². The maximum Gasteiger partial charge on any atom is 0.0174 e. The molecule has 1 heterocycles. The number of benzene rings is 1. The molecule has 0 aromatic heterocycles. The minimum atomic E-state index is 0.340. The first-order valence-corrected chi connectivity index (χ1v) is 8.63. The zero-order valence-electron chi connectivity index (χ0n) is 14.1. The van der Waals surface area contributed by atoms with Crippen molar-refractivity contribution in [3.8, 4) is 0 Å². The van der Waals surface area contributed by atoms with Crippen LogP contribution in [0.5, 0.6) is 0 Å². The smallest absolute Gasteiger partial charge is 0.0174 e. The van der Waals surface area contributed by atoms with Crippen molar-refractivity contribution in [3.63, 3.8) is 0 Å². The van der Waals surface area contributed by atoms with E-state index in [1.165, 1.54) is 56.2 Å². The third-order valence-electron chi connectivity index (χ3n) is 4.85. The highest BCUT2D eigenvalue weighted by molar-refractivity contribution is 5.66. The zero-order chi connectivity index (χ0) is 15.1. The molecule has 1 heteroatoms. The lowest BCUT2D eigenvalue weighted by Gasteiger charge is -2.40. The quantitative estimate of drug-likeness (QED) is 0.596. The molecule has 0 N–H and O–H groups in total. The Morgan fingerprint density at radius 1 is 1.05 bits per heavy atom. The van der Waals surface area contributed by atoms with Crippen LogP contribution in [0.4, 0.5) is 0 Å². The molecule has 1 aliphatic heterocycles. The molecule has 0 bridgehead atoms. The van der Waals surface area contributed by atoms with E-state index in [9.17, 15) is 0 Å². The molecular formula is C20H31N. The largest absolute Gasteiger partial charge is 0.294 e. The zero-order valence-corrected chi connectivity index (χ0v) is 14.1. The van der Waals surface area contributed by atoms with E-state index in [0.717, 1.165) is 6.54 Å². The van der Waals surface area contributed by atoms with Crippen molar-refractivity contribution in [1.82, 2.24) is 4.90 Å². The van der Waals surface area contributed by atoms with E-state index in [-0.39, 0.29) is 0 Å². The molecular weight excluding hydrogens is 254 g/mol. The van der Waals surface area contributed by atoms with E-state index in [1.54, 1.807) is 0 Å². The van der Waals surface area contributed by atoms with Gasteiger partial charge in [-0.05, 0) is 37.8 Å². The van der Waals surface area contributed by atoms with Gasteiger partial charge in [-0.1, -0.05) is 69.0 Å². The predicted octanol–water partition coefficient (Wildman–Crippen LogP) is 5.52. The second-order valence-corrected chi connectivity index (χ2v) is 6.91. The molecule has 0 aliphatic carbocycles. The number of unbranched alkanes of at least 4 members (excludes halogenated alkanes) is 3. The van der Waals surface area contributed by atoms with E-state index in [2.05, 4.69) is 62.1 Å². The fourth-order valence-electron chi connectivity index (χ4n) is 3.28. The summed E-state index contributed by atoms with van der Waals surface area (Å²) < 4.78 is 0. The van der Waals surface area contributed by atoms with Crippen molar-refractivity contribution in [1.29, 1.82) is 0 Å². The monoisotopic (exact) mass is 285 g/mol. The minimum Gasteiger partial charge on any atom is -0.294 e. The lowest BCUT2D eigenvalue weighted by molar-refractivity contribution is 0.122. The maximum absolute atomic E-state index is 2.66. The van der Waals surface area contributed by atoms with Gasteiger partial charge in [0.2, 0.25) is 0 Å². The van der Waals surface area contributed by atoms with Crippen LogP contribution in [0.2, 0.25) is 0 Å². The van der Waals surface area contributed by atoms with Gasteiger partial charge in [0.15, 0.2) is 0 Å². The van der Waals surface area contributed by atoms with Crippen LogP contribution in [0.1, 0.15) is 64.9 Å². The summed E-state index contributed by atoms with van der Waals surface area (Å²) >= 11 is 0. The Labute approximate surface area is 131 Å². The fraction of sp³-hybridized carbons (Fsp3) is 0.600. The van der Waals surface area contributed by atoms with E-state index in [0.29, 0.717) is 5.54 Å². The molecule has 1 aromatic rings. The Balaban J connectivity index is 1.88. The van der Waals surface area contributed by atoms with Crippen LogP contribution >= 0.6 is 0 Å². The topological polar surface area (TPSA) is 3.24 Å². The highest BCUT2D eigenvalue weighted by atomic mass is 15.2. The first kappa shape index (κ1) is 16.3. The van der Waals surface area contributed by atoms with Crippen molar-refractivity contribution in [2.75, 3.05) is 13.1 Å². The average molecular weight is 285 g/mol. The standard InChI is InChI=1S/C20H31N/c1-4-5-6-10-15-20(2,3)21-16-13-19(14-17-21)18-11-8-7-9-12-18/h7-9,11-13H,4-6,10,14-17H2,1-3H3. The highest BCUT2D eigenvalue weighted by Gasteiger charge is 2.27. The molecule has 1 nitrogen and oxygen atoms in total. The Morgan fingerprint density at radius 2 is 1.81 bits per heavy atom. The van der Waals surface area contributed by atoms with Crippen molar-refractivity contribution >= 4 is 5.57 Å². The van der Waals surface area contributed by atoms with E-state index in [1.807, 2.05) is 0 Å². The van der Waals surface area contributed by atoms with E-state index >= 15 is 0 Å². The molecule has 116 valence electrons. The summed E-state index contributed by atoms with van der Waals surface area (Å²) in [6, 6.07) is 10.8. The van der Waals surface area contributed by atoms with Gasteiger partial charge in [0.25, 0.3) is 0 Å². The van der Waals surface area contributed by atoms with Crippen LogP contribution in [-0.2, 0) is 0 Å². The Kier molecular flexibility index (Phi) is 6.05. The Bertz CT molecular complexity index is 444. The molecule has 2 rings (SSSR count). The van der Waals surface area contributed by atoms with Crippen LogP contribution in [0.3, 0.4) is 0 Å². The van der Waals surface area contributed by atoms with Gasteiger partial charge >= 0.3 is 0 Å². The third-order valence-corrected chi connectivity index (χ3v) is 4.85. The second kappa shape index (κ2) is 7.79. The molecule has 0 saturated heterocycles. The van der Waals surface area contributed by atoms with Crippen LogP contribution in [0.25, 0.3) is 5.57 Å². The number of rotatable bonds is 7. The van der Waals surface area contributed by atoms with Gasteiger partial charge in [-0.2, -0.15) is 0 Å². The molecule has 0 radical (unpaired) electrons. The lowest BCUT2D eigenvalue weighted by atomic mass is 9.91. The lowest BCUT2D eigenvalue weighted by Crippen LogP contribution is -2.45. The van der Waals surface area contributed by atoms with E-state index in [4.69, 9.17) is 0 Å². The van der Waals surface area contributed by atoms with Crippen molar-refractivity contribution < 1.29 is 0 Å². The SMILES string of the molecule is CCCCCCC(C)(C)N1CC=C(c2ccccc2)CC1. The van der Waals surface area contributed by atoms with Crippen LogP contribution in [0.15, 0.2) is 36.4 Å². The predicted molar refractivity (Wildman–Crippen MR) is 93.4 cm³/mol. The molecule has 0 unspecified atom stereocenters. The van der Waals surface area contributed by atoms with Crippen molar-refractivity contribution in [2.24, 2.45) is 0 Å². The summed E-state index contributed by atoms with van der Waals surface area (Å²) in [6.07, 6.45) is 10.4. The normalized spacial score (nSPS) is 16.8. The summed E-state index contributed by atoms with van der Waals surface area (Å²) in [6.45, 7) is 9.42. The summed E-state index contributed by atoms with van der Waals surface area (Å²) in [5, 5.41) is 0. The average Bonchev–Trinajstić information content (AvgIpc) is 2.53. The maximum atomic E-state index is 2.66. The third kappa shape index (κ3) is 4.71. The molecule has 0 saturated carbocycles. The molecule has 1 aliphatic rings. The van der Waals surface area contributed by atoms with E-state index < -0.39 is 0 Å². The highest BCUT2D eigenvalue weighted by Crippen LogP contribution is 2.29. The fourth-order valence-corrected chi connectivity index (χ4v) is 3.28. The molecule has 0 atom stereocenters. The Hall–Kier alpha value is -1.08. The second-order valence-electron chi connectivity index (χ2n) is 6.91. The summed E-state index contributed by atoms with van der Waals surface area (Å²) in [5.41, 5.74) is 3.26. The molecule has 0 fully saturated rings. The molecule has 1 aromatic carbocycles. The number of hydrogen-bond donors (Lipinski definition) is 0. The van der Waals surface area contributed by atoms with Gasteiger partial charge in [0, 0.05) is 18.6 Å². The summed E-state index contributed by atoms with van der Waals surface area (Å²) in [5.74, 6) is 0. The minimum absolute atomic E-state index is 0.340. The van der Waals surface area contributed by atoms with Gasteiger partial charge in [-0.25, -0.2) is 0 Å². The summed E-state index contributed by atoms with van der Waals surface area (Å²) in [7, 11) is 0. The molecule has 0 amide bonds. The van der Waals surface area contributed by atoms with Crippen molar-refractivity contribution in [3.05, 3.63) is 42.0 Å². The number of hydrogen-bond acceptors (Lipinski definition) is 1. The Morgan fingerprint density at radius 3 is 2.43 bits per heavy atom. The van der Waals surface area contributed by atoms with Crippen molar-refractivity contribution in [2.45, 2.75) is 64.8 Å². The number of nitrogens with zero attached hydrogens (tertiary/aromatic N) is 1. The summed E-state index contributed by atoms with van der Waals surface area (Å²) in [4.78, 5) is 2.66. The van der Waals surface area contributed by atoms with Crippen LogP contribution < -0.4 is 0 Å². The van der Waals surface area contributed by atoms with Gasteiger partial charge in [-0.3, -0.25) is 4.90 Å². The van der Waals surface area contributed by atoms with Crippen LogP contribution in [-0.4, -0.2) is 23.5 Å². The van der Waals surface area contributed by atoms with Gasteiger partial charge in [-0.15, -0.1) is 0 Å². The molecule has 21 heavy (non-hydrogen) atoms. The van der Waals surface area contributed by atoms with Gasteiger partial charge in [0.1, 0.15) is 0 Å². The first-order valence-electron chi connectivity index (χ1n) is 8.63. The molecule has 0 spiro atoms.